The number of hydrogen-bond donors (Lipinski definition) is 0. The van der Waals surface area contributed by atoms with Crippen molar-refractivity contribution in [2.45, 2.75) is 110 Å². The molecule has 0 heterocycles. The molecule has 0 aliphatic heterocycles. The van der Waals surface area contributed by atoms with Crippen LogP contribution >= 0.6 is 0 Å². The molecule has 2 heteroatoms. The predicted octanol–water partition coefficient (Wildman–Crippen LogP) is 6.54. The van der Waals surface area contributed by atoms with Crippen LogP contribution in [0.25, 0.3) is 0 Å². The molecule has 0 unspecified atom stereocenters. The summed E-state index contributed by atoms with van der Waals surface area (Å²) in [6.07, 6.45) is 21.2. The Balaban J connectivity index is 3.09. The molecule has 0 aromatic heterocycles. The van der Waals surface area contributed by atoms with E-state index in [9.17, 15) is 4.79 Å². The van der Waals surface area contributed by atoms with Gasteiger partial charge in [0.25, 0.3) is 0 Å². The zero-order valence-electron chi connectivity index (χ0n) is 16.1. The number of carbonyl (C=O) groups is 1. The third kappa shape index (κ3) is 16.1. The predicted molar refractivity (Wildman–Crippen MR) is 103 cm³/mol. The van der Waals surface area contributed by atoms with Crippen molar-refractivity contribution in [1.29, 1.82) is 0 Å². The quantitative estimate of drug-likeness (QED) is 0.278. The van der Waals surface area contributed by atoms with E-state index >= 15 is 0 Å². The summed E-state index contributed by atoms with van der Waals surface area (Å²) < 4.78 is 0. The number of hydrogen-bond acceptors (Lipinski definition) is 1. The van der Waals surface area contributed by atoms with Crippen LogP contribution in [-0.2, 0) is 4.79 Å². The van der Waals surface area contributed by atoms with E-state index in [-0.39, 0.29) is 5.91 Å². The molecule has 0 saturated carbocycles. The molecule has 0 aliphatic rings. The van der Waals surface area contributed by atoms with Gasteiger partial charge in [-0.15, -0.1) is 0 Å². The zero-order chi connectivity index (χ0) is 17.2. The fourth-order valence-corrected chi connectivity index (χ4v) is 2.96. The largest absolute Gasteiger partial charge is 0.346 e. The van der Waals surface area contributed by atoms with Crippen LogP contribution in [0, 0.1) is 6.92 Å². The average Bonchev–Trinajstić information content (AvgIpc) is 2.57. The number of rotatable bonds is 17. The molecule has 1 radical (unpaired) electrons. The van der Waals surface area contributed by atoms with Crippen LogP contribution in [0.1, 0.15) is 110 Å². The van der Waals surface area contributed by atoms with Crippen molar-refractivity contribution in [2.24, 2.45) is 0 Å². The molecule has 0 aliphatic carbocycles. The SMILES string of the molecule is [CH2]CN(C)C(=O)CCCCCCCCCCCCCCCCC. The Morgan fingerprint density at radius 3 is 1.39 bits per heavy atom. The van der Waals surface area contributed by atoms with E-state index in [0.29, 0.717) is 13.0 Å². The Hall–Kier alpha value is -0.530. The van der Waals surface area contributed by atoms with Crippen molar-refractivity contribution < 1.29 is 4.79 Å². The number of nitrogens with zero attached hydrogens (tertiary/aromatic N) is 1. The fraction of sp³-hybridized carbons (Fsp3) is 0.905. The van der Waals surface area contributed by atoms with Gasteiger partial charge in [-0.1, -0.05) is 96.8 Å². The van der Waals surface area contributed by atoms with Gasteiger partial charge in [-0.05, 0) is 13.3 Å². The standard InChI is InChI=1S/C21H42NO/c1-4-6-7-8-9-10-11-12-13-14-15-16-17-18-19-20-21(23)22(3)5-2/h2,4-20H2,1,3H3. The summed E-state index contributed by atoms with van der Waals surface area (Å²) in [6, 6.07) is 0. The van der Waals surface area contributed by atoms with E-state index < -0.39 is 0 Å². The molecular formula is C21H42NO. The van der Waals surface area contributed by atoms with Gasteiger partial charge in [-0.2, -0.15) is 0 Å². The molecule has 0 atom stereocenters. The molecule has 0 rings (SSSR count). The minimum atomic E-state index is 0.245. The van der Waals surface area contributed by atoms with Gasteiger partial charge in [0.1, 0.15) is 0 Å². The average molecular weight is 325 g/mol. The summed E-state index contributed by atoms with van der Waals surface area (Å²) in [5.74, 6) is 0.245. The highest BCUT2D eigenvalue weighted by atomic mass is 16.2. The minimum absolute atomic E-state index is 0.245. The summed E-state index contributed by atoms with van der Waals surface area (Å²) in [5, 5.41) is 0. The lowest BCUT2D eigenvalue weighted by atomic mass is 10.0. The molecule has 0 aromatic rings. The van der Waals surface area contributed by atoms with Crippen molar-refractivity contribution in [3.63, 3.8) is 0 Å². The second-order valence-corrected chi connectivity index (χ2v) is 7.02. The maximum Gasteiger partial charge on any atom is 0.222 e. The monoisotopic (exact) mass is 324 g/mol. The molecular weight excluding hydrogens is 282 g/mol. The topological polar surface area (TPSA) is 20.3 Å². The first-order valence-electron chi connectivity index (χ1n) is 10.3. The summed E-state index contributed by atoms with van der Waals surface area (Å²) in [5.41, 5.74) is 0. The molecule has 23 heavy (non-hydrogen) atoms. The Labute approximate surface area is 146 Å². The minimum Gasteiger partial charge on any atom is -0.346 e. The maximum atomic E-state index is 11.6. The van der Waals surface area contributed by atoms with Crippen LogP contribution in [0.2, 0.25) is 0 Å². The fourth-order valence-electron chi connectivity index (χ4n) is 2.96. The van der Waals surface area contributed by atoms with Crippen LogP contribution < -0.4 is 0 Å². The summed E-state index contributed by atoms with van der Waals surface area (Å²) in [4.78, 5) is 13.3. The lowest BCUT2D eigenvalue weighted by Gasteiger charge is -2.13. The Morgan fingerprint density at radius 2 is 1.04 bits per heavy atom. The second kappa shape index (κ2) is 17.8. The molecule has 0 N–H and O–H groups in total. The van der Waals surface area contributed by atoms with E-state index in [0.717, 1.165) is 6.42 Å². The van der Waals surface area contributed by atoms with Gasteiger partial charge in [-0.3, -0.25) is 4.79 Å². The normalized spacial score (nSPS) is 10.9. The first-order chi connectivity index (χ1) is 11.2. The molecule has 2 nitrogen and oxygen atoms in total. The van der Waals surface area contributed by atoms with E-state index in [1.54, 1.807) is 4.90 Å². The second-order valence-electron chi connectivity index (χ2n) is 7.02. The van der Waals surface area contributed by atoms with Gasteiger partial charge in [0.15, 0.2) is 0 Å². The van der Waals surface area contributed by atoms with E-state index in [1.807, 2.05) is 7.05 Å². The van der Waals surface area contributed by atoms with Crippen molar-refractivity contribution in [3.8, 4) is 0 Å². The first-order valence-corrected chi connectivity index (χ1v) is 10.3. The molecule has 0 saturated heterocycles. The van der Waals surface area contributed by atoms with Crippen LogP contribution in [0.3, 0.4) is 0 Å². The number of unbranched alkanes of at least 4 members (excludes halogenated alkanes) is 14. The van der Waals surface area contributed by atoms with Gasteiger partial charge in [0, 0.05) is 20.0 Å². The molecule has 0 fully saturated rings. The van der Waals surface area contributed by atoms with Crippen molar-refractivity contribution >= 4 is 5.91 Å². The zero-order valence-corrected chi connectivity index (χ0v) is 16.1. The Morgan fingerprint density at radius 1 is 0.696 bits per heavy atom. The summed E-state index contributed by atoms with van der Waals surface area (Å²) >= 11 is 0. The van der Waals surface area contributed by atoms with Gasteiger partial charge in [0.2, 0.25) is 5.91 Å². The smallest absolute Gasteiger partial charge is 0.222 e. The molecule has 0 bridgehead atoms. The summed E-state index contributed by atoms with van der Waals surface area (Å²) in [6.45, 7) is 6.59. The van der Waals surface area contributed by atoms with E-state index in [1.165, 1.54) is 89.9 Å². The third-order valence-electron chi connectivity index (χ3n) is 4.76. The summed E-state index contributed by atoms with van der Waals surface area (Å²) in [7, 11) is 1.83. The van der Waals surface area contributed by atoms with E-state index in [2.05, 4.69) is 13.8 Å². The van der Waals surface area contributed by atoms with Gasteiger partial charge in [-0.25, -0.2) is 0 Å². The highest BCUT2D eigenvalue weighted by Gasteiger charge is 2.05. The van der Waals surface area contributed by atoms with Gasteiger partial charge >= 0.3 is 0 Å². The maximum absolute atomic E-state index is 11.6. The highest BCUT2D eigenvalue weighted by molar-refractivity contribution is 5.75. The number of carbonyl (C=O) groups excluding carboxylic acids is 1. The lowest BCUT2D eigenvalue weighted by Crippen LogP contribution is -2.25. The first kappa shape index (κ1) is 22.5. The van der Waals surface area contributed by atoms with Crippen LogP contribution in [-0.4, -0.2) is 24.4 Å². The highest BCUT2D eigenvalue weighted by Crippen LogP contribution is 2.13. The Bertz CT molecular complexity index is 252. The van der Waals surface area contributed by atoms with E-state index in [4.69, 9.17) is 0 Å². The molecule has 0 spiro atoms. The molecule has 0 aromatic carbocycles. The number of amides is 1. The third-order valence-corrected chi connectivity index (χ3v) is 4.76. The van der Waals surface area contributed by atoms with Crippen LogP contribution in [0.4, 0.5) is 0 Å². The molecule has 1 amide bonds. The van der Waals surface area contributed by atoms with Gasteiger partial charge in [0.05, 0.1) is 0 Å². The van der Waals surface area contributed by atoms with Crippen molar-refractivity contribution in [1.82, 2.24) is 4.90 Å². The lowest BCUT2D eigenvalue weighted by molar-refractivity contribution is -0.129. The van der Waals surface area contributed by atoms with Crippen LogP contribution in [0.5, 0.6) is 0 Å². The van der Waals surface area contributed by atoms with Crippen molar-refractivity contribution in [3.05, 3.63) is 6.92 Å². The molecule has 137 valence electrons. The Kier molecular flexibility index (Phi) is 17.4. The van der Waals surface area contributed by atoms with Gasteiger partial charge < -0.3 is 4.90 Å². The van der Waals surface area contributed by atoms with Crippen LogP contribution in [0.15, 0.2) is 0 Å². The van der Waals surface area contributed by atoms with Crippen molar-refractivity contribution in [2.75, 3.05) is 13.6 Å².